The predicted octanol–water partition coefficient (Wildman–Crippen LogP) is 0.112. The van der Waals surface area contributed by atoms with Gasteiger partial charge in [0, 0.05) is 18.9 Å². The van der Waals surface area contributed by atoms with Gasteiger partial charge >= 0.3 is 5.69 Å². The van der Waals surface area contributed by atoms with Gasteiger partial charge in [-0.1, -0.05) is 29.7 Å². The van der Waals surface area contributed by atoms with E-state index < -0.39 is 11.2 Å². The first-order valence-electron chi connectivity index (χ1n) is 6.40. The van der Waals surface area contributed by atoms with Crippen LogP contribution in [0.4, 0.5) is 0 Å². The Morgan fingerprint density at radius 3 is 2.73 bits per heavy atom. The van der Waals surface area contributed by atoms with Crippen molar-refractivity contribution in [3.63, 3.8) is 0 Å². The predicted molar refractivity (Wildman–Crippen MR) is 95.3 cm³/mol. The summed E-state index contributed by atoms with van der Waals surface area (Å²) in [6, 6.07) is 8.00. The van der Waals surface area contributed by atoms with Crippen LogP contribution in [-0.2, 0) is 6.54 Å². The summed E-state index contributed by atoms with van der Waals surface area (Å²) < 4.78 is 1.20. The van der Waals surface area contributed by atoms with Crippen LogP contribution in [0.2, 0.25) is 0 Å². The summed E-state index contributed by atoms with van der Waals surface area (Å²) in [6.07, 6.45) is 2.83. The van der Waals surface area contributed by atoms with E-state index in [0.717, 1.165) is 5.56 Å². The van der Waals surface area contributed by atoms with Crippen molar-refractivity contribution in [1.82, 2.24) is 13.1 Å². The molecule has 1 aromatic heterocycles. The Balaban J connectivity index is 2.19. The lowest BCUT2D eigenvalue weighted by molar-refractivity contribution is 0.866. The minimum Gasteiger partial charge on any atom is -0.385 e. The highest BCUT2D eigenvalue weighted by Crippen LogP contribution is 2.09. The van der Waals surface area contributed by atoms with E-state index in [1.54, 1.807) is 22.9 Å². The lowest BCUT2D eigenvalue weighted by atomic mass is 9.95. The molecule has 9 heteroatoms. The Morgan fingerprint density at radius 2 is 2.09 bits per heavy atom. The summed E-state index contributed by atoms with van der Waals surface area (Å²) in [5.74, 6) is 0. The van der Waals surface area contributed by atoms with E-state index in [1.165, 1.54) is 20.6 Å². The van der Waals surface area contributed by atoms with Crippen LogP contribution in [0.25, 0.3) is 5.70 Å². The molecule has 112 valence electrons. The van der Waals surface area contributed by atoms with Gasteiger partial charge in [-0.15, -0.1) is 0 Å². The molecule has 0 amide bonds. The molecule has 1 aromatic carbocycles. The fraction of sp³-hybridized carbons (Fsp3) is 0.0769. The molecule has 0 fully saturated rings. The first-order valence-corrected chi connectivity index (χ1v) is 7.37. The summed E-state index contributed by atoms with van der Waals surface area (Å²) in [5.41, 5.74) is 8.66. The number of aromatic nitrogens is 2. The fourth-order valence-electron chi connectivity index (χ4n) is 1.77. The van der Waals surface area contributed by atoms with E-state index in [2.05, 4.69) is 15.4 Å². The van der Waals surface area contributed by atoms with Gasteiger partial charge in [-0.25, -0.2) is 13.1 Å². The Bertz CT molecular complexity index is 826. The zero-order valence-corrected chi connectivity index (χ0v) is 13.9. The molecule has 0 saturated heterocycles. The van der Waals surface area contributed by atoms with E-state index >= 15 is 0 Å². The minimum absolute atomic E-state index is 0.152. The Labute approximate surface area is 140 Å². The fourth-order valence-corrected chi connectivity index (χ4v) is 2.17. The van der Waals surface area contributed by atoms with E-state index in [4.69, 9.17) is 5.53 Å². The zero-order valence-electron chi connectivity index (χ0n) is 11.8. The SMILES string of the molecule is Bc1ccc(CN/C=C(\N=N)c2cn(I)c(=O)[nH]c2=O)cc1. The molecule has 1 heterocycles. The maximum absolute atomic E-state index is 11.8. The number of aromatic amines is 1. The summed E-state index contributed by atoms with van der Waals surface area (Å²) in [7, 11) is 2.01. The number of hydrogen-bond donors (Lipinski definition) is 3. The van der Waals surface area contributed by atoms with E-state index in [0.29, 0.717) is 6.54 Å². The van der Waals surface area contributed by atoms with Crippen molar-refractivity contribution in [1.29, 1.82) is 5.53 Å². The number of nitrogens with one attached hydrogen (secondary N) is 3. The van der Waals surface area contributed by atoms with Gasteiger partial charge in [-0.05, 0) is 5.56 Å². The van der Waals surface area contributed by atoms with Crippen LogP contribution in [0.1, 0.15) is 11.1 Å². The highest BCUT2D eigenvalue weighted by atomic mass is 127. The topological polar surface area (TPSA) is 103 Å². The monoisotopic (exact) mass is 409 g/mol. The first-order chi connectivity index (χ1) is 10.5. The molecule has 2 aromatic rings. The van der Waals surface area contributed by atoms with E-state index in [9.17, 15) is 9.59 Å². The van der Waals surface area contributed by atoms with Gasteiger partial charge in [0.2, 0.25) is 0 Å². The normalized spacial score (nSPS) is 11.2. The van der Waals surface area contributed by atoms with Crippen LogP contribution in [0.15, 0.2) is 51.4 Å². The maximum Gasteiger partial charge on any atom is 0.337 e. The number of benzene rings is 1. The van der Waals surface area contributed by atoms with Gasteiger partial charge in [0.1, 0.15) is 13.5 Å². The summed E-state index contributed by atoms with van der Waals surface area (Å²) in [6.45, 7) is 0.543. The number of hydrogen-bond acceptors (Lipinski definition) is 5. The van der Waals surface area contributed by atoms with E-state index in [1.807, 2.05) is 32.1 Å². The summed E-state index contributed by atoms with van der Waals surface area (Å²) in [5, 5.41) is 6.36. The van der Waals surface area contributed by atoms with Crippen molar-refractivity contribution in [3.8, 4) is 0 Å². The minimum atomic E-state index is -0.572. The number of nitrogens with zero attached hydrogens (tertiary/aromatic N) is 2. The zero-order chi connectivity index (χ0) is 16.1. The molecule has 0 bridgehead atoms. The van der Waals surface area contributed by atoms with Crippen LogP contribution in [0, 0.1) is 5.53 Å². The molecule has 0 saturated carbocycles. The Hall–Kier alpha value is -2.17. The average molecular weight is 409 g/mol. The van der Waals surface area contributed by atoms with Crippen molar-refractivity contribution in [3.05, 3.63) is 68.6 Å². The Kier molecular flexibility index (Phi) is 5.31. The van der Waals surface area contributed by atoms with Gasteiger partial charge < -0.3 is 5.32 Å². The third-order valence-electron chi connectivity index (χ3n) is 2.96. The molecule has 7 nitrogen and oxygen atoms in total. The number of halogens is 1. The smallest absolute Gasteiger partial charge is 0.337 e. The van der Waals surface area contributed by atoms with Crippen LogP contribution >= 0.6 is 22.9 Å². The van der Waals surface area contributed by atoms with Crippen molar-refractivity contribution in [2.45, 2.75) is 6.54 Å². The van der Waals surface area contributed by atoms with Crippen molar-refractivity contribution in [2.75, 3.05) is 0 Å². The van der Waals surface area contributed by atoms with Crippen LogP contribution in [0.3, 0.4) is 0 Å². The lowest BCUT2D eigenvalue weighted by Crippen LogP contribution is -2.27. The molecule has 3 N–H and O–H groups in total. The summed E-state index contributed by atoms with van der Waals surface area (Å²) >= 11 is 1.75. The summed E-state index contributed by atoms with van der Waals surface area (Å²) in [4.78, 5) is 25.3. The van der Waals surface area contributed by atoms with Gasteiger partial charge in [0.15, 0.2) is 0 Å². The lowest BCUT2D eigenvalue weighted by Gasteiger charge is -2.04. The van der Waals surface area contributed by atoms with Gasteiger partial charge in [-0.2, -0.15) is 5.11 Å². The second-order valence-electron chi connectivity index (χ2n) is 4.62. The first kappa shape index (κ1) is 16.2. The Morgan fingerprint density at radius 1 is 1.41 bits per heavy atom. The number of H-pyrrole nitrogens is 1. The molecule has 0 radical (unpaired) electrons. The average Bonchev–Trinajstić information content (AvgIpc) is 2.50. The van der Waals surface area contributed by atoms with Crippen molar-refractivity contribution >= 4 is 41.9 Å². The molecule has 0 atom stereocenters. The second-order valence-corrected chi connectivity index (χ2v) is 5.66. The van der Waals surface area contributed by atoms with Crippen LogP contribution in [-0.4, -0.2) is 15.6 Å². The van der Waals surface area contributed by atoms with Gasteiger partial charge in [-0.3, -0.25) is 9.78 Å². The number of rotatable bonds is 5. The quantitative estimate of drug-likeness (QED) is 0.371. The third kappa shape index (κ3) is 3.94. The molecule has 0 spiro atoms. The van der Waals surface area contributed by atoms with E-state index in [-0.39, 0.29) is 11.3 Å². The molecule has 0 aliphatic rings. The second kappa shape index (κ2) is 7.21. The molecule has 2 rings (SSSR count). The van der Waals surface area contributed by atoms with Crippen LogP contribution < -0.4 is 22.0 Å². The van der Waals surface area contributed by atoms with Crippen molar-refractivity contribution in [2.24, 2.45) is 5.11 Å². The highest BCUT2D eigenvalue weighted by molar-refractivity contribution is 14.1. The van der Waals surface area contributed by atoms with Gasteiger partial charge in [0.25, 0.3) is 5.56 Å². The molecule has 22 heavy (non-hydrogen) atoms. The van der Waals surface area contributed by atoms with Gasteiger partial charge in [0.05, 0.1) is 28.4 Å². The highest BCUT2D eigenvalue weighted by Gasteiger charge is 2.08. The standard InChI is InChI=1S/C13H13BIN5O2/c14-9-3-1-8(2-4-9)5-17-6-11(19-16)10-7-20(15)13(22)18-12(10)21/h1-4,6-7,16-17H,5,14H2,(H,18,21,22)/b11-6-,19-16?. The molecule has 0 aliphatic carbocycles. The third-order valence-corrected chi connectivity index (χ3v) is 3.68. The molecule has 0 unspecified atom stereocenters. The maximum atomic E-state index is 11.8. The van der Waals surface area contributed by atoms with Crippen LogP contribution in [0.5, 0.6) is 0 Å². The van der Waals surface area contributed by atoms with Crippen molar-refractivity contribution < 1.29 is 0 Å². The largest absolute Gasteiger partial charge is 0.385 e. The molecular formula is C13H13BIN5O2. The molecular weight excluding hydrogens is 396 g/mol. The molecule has 0 aliphatic heterocycles.